The van der Waals surface area contributed by atoms with Gasteiger partial charge in [0.25, 0.3) is 0 Å². The van der Waals surface area contributed by atoms with Crippen LogP contribution < -0.4 is 5.73 Å². The Balaban J connectivity index is 2.06. The van der Waals surface area contributed by atoms with Crippen molar-refractivity contribution in [2.45, 2.75) is 12.2 Å². The predicted octanol–water partition coefficient (Wildman–Crippen LogP) is 3.81. The van der Waals surface area contributed by atoms with Crippen molar-refractivity contribution in [3.63, 3.8) is 0 Å². The van der Waals surface area contributed by atoms with E-state index in [0.717, 1.165) is 5.56 Å². The number of benzene rings is 2. The highest BCUT2D eigenvalue weighted by molar-refractivity contribution is 7.58. The lowest BCUT2D eigenvalue weighted by Gasteiger charge is -2.19. The number of halogens is 1. The molecule has 2 atom stereocenters. The van der Waals surface area contributed by atoms with E-state index in [-0.39, 0.29) is 6.16 Å². The van der Waals surface area contributed by atoms with E-state index in [1.807, 2.05) is 30.3 Å². The fraction of sp³-hybridized carbons (Fsp3) is 0.200. The molecule has 2 aromatic carbocycles. The molecule has 1 unspecified atom stereocenters. The largest absolute Gasteiger partial charge is 0.343 e. The molecule has 2 rings (SSSR count). The minimum absolute atomic E-state index is 0.167. The summed E-state index contributed by atoms with van der Waals surface area (Å²) in [6.07, 6.45) is 0.705. The van der Waals surface area contributed by atoms with E-state index in [4.69, 9.17) is 17.3 Å². The van der Waals surface area contributed by atoms with Gasteiger partial charge in [-0.05, 0) is 29.7 Å². The lowest BCUT2D eigenvalue weighted by Crippen LogP contribution is -2.13. The Labute approximate surface area is 123 Å². The quantitative estimate of drug-likeness (QED) is 0.825. The number of hydrogen-bond acceptors (Lipinski definition) is 2. The van der Waals surface area contributed by atoms with Crippen molar-refractivity contribution in [1.82, 2.24) is 0 Å². The molecule has 20 heavy (non-hydrogen) atoms. The van der Waals surface area contributed by atoms with Crippen molar-refractivity contribution in [2.24, 2.45) is 5.73 Å². The summed E-state index contributed by atoms with van der Waals surface area (Å²) in [5.74, 6) is -0.872. The van der Waals surface area contributed by atoms with Crippen LogP contribution in [-0.4, -0.2) is 11.1 Å². The van der Waals surface area contributed by atoms with Gasteiger partial charge in [-0.3, -0.25) is 4.57 Å². The summed E-state index contributed by atoms with van der Waals surface area (Å²) in [5.41, 5.74) is 7.60. The molecule has 0 spiro atoms. The zero-order valence-corrected chi connectivity index (χ0v) is 12.6. The highest BCUT2D eigenvalue weighted by atomic mass is 35.5. The second-order valence-electron chi connectivity index (χ2n) is 4.71. The Hall–Kier alpha value is -1.12. The first-order valence-electron chi connectivity index (χ1n) is 6.35. The molecule has 0 aromatic heterocycles. The Kier molecular flexibility index (Phi) is 5.00. The van der Waals surface area contributed by atoms with Crippen LogP contribution in [0.5, 0.6) is 0 Å². The van der Waals surface area contributed by atoms with Crippen molar-refractivity contribution in [1.29, 1.82) is 0 Å². The van der Waals surface area contributed by atoms with Gasteiger partial charge in [0, 0.05) is 11.2 Å². The molecule has 0 saturated heterocycles. The number of hydrogen-bond donors (Lipinski definition) is 2. The van der Waals surface area contributed by atoms with Crippen LogP contribution in [0.3, 0.4) is 0 Å². The lowest BCUT2D eigenvalue weighted by molar-refractivity contribution is 0.464. The zero-order valence-electron chi connectivity index (χ0n) is 10.9. The predicted molar refractivity (Wildman–Crippen MR) is 83.2 cm³/mol. The summed E-state index contributed by atoms with van der Waals surface area (Å²) < 4.78 is 12.4. The van der Waals surface area contributed by atoms with Crippen LogP contribution in [0.25, 0.3) is 0 Å². The van der Waals surface area contributed by atoms with Gasteiger partial charge in [0.2, 0.25) is 7.37 Å². The molecule has 0 heterocycles. The van der Waals surface area contributed by atoms with E-state index in [1.54, 1.807) is 24.3 Å². The fourth-order valence-electron chi connectivity index (χ4n) is 1.97. The Morgan fingerprint density at radius 3 is 2.30 bits per heavy atom. The van der Waals surface area contributed by atoms with Crippen molar-refractivity contribution in [2.75, 3.05) is 6.16 Å². The minimum atomic E-state index is -3.45. The average Bonchev–Trinajstić information content (AvgIpc) is 2.46. The molecule has 5 heteroatoms. The molecular weight excluding hydrogens is 293 g/mol. The van der Waals surface area contributed by atoms with Gasteiger partial charge in [0.15, 0.2) is 0 Å². The molecule has 0 saturated carbocycles. The van der Waals surface area contributed by atoms with Gasteiger partial charge in [-0.1, -0.05) is 54.1 Å². The van der Waals surface area contributed by atoms with E-state index >= 15 is 0 Å². The summed E-state index contributed by atoms with van der Waals surface area (Å²) in [6.45, 7) is 0. The molecule has 0 radical (unpaired) electrons. The Bertz CT molecular complexity index is 601. The minimum Gasteiger partial charge on any atom is -0.343 e. The van der Waals surface area contributed by atoms with Crippen LogP contribution in [0.4, 0.5) is 0 Å². The highest BCUT2D eigenvalue weighted by Gasteiger charge is 2.28. The topological polar surface area (TPSA) is 63.3 Å². The first-order valence-corrected chi connectivity index (χ1v) is 8.65. The molecule has 0 bridgehead atoms. The Morgan fingerprint density at radius 2 is 1.70 bits per heavy atom. The van der Waals surface area contributed by atoms with Gasteiger partial charge in [0.1, 0.15) is 5.78 Å². The molecule has 2 aromatic rings. The van der Waals surface area contributed by atoms with E-state index in [9.17, 15) is 9.46 Å². The first-order chi connectivity index (χ1) is 9.49. The molecule has 0 aliphatic heterocycles. The first kappa shape index (κ1) is 15.3. The van der Waals surface area contributed by atoms with E-state index in [0.29, 0.717) is 17.0 Å². The van der Waals surface area contributed by atoms with Gasteiger partial charge in [-0.25, -0.2) is 0 Å². The third-order valence-corrected chi connectivity index (χ3v) is 5.49. The van der Waals surface area contributed by atoms with Crippen molar-refractivity contribution >= 4 is 19.0 Å². The SMILES string of the molecule is N[C@@H](c1ccc(Cl)cc1)P(=O)(O)CCc1ccccc1. The standard InChI is InChI=1S/C15H17ClNO2P/c16-14-8-6-13(7-9-14)15(17)20(18,19)11-10-12-4-2-1-3-5-12/h1-9,15H,10-11,17H2,(H,18,19)/t15-/m1/s1. The van der Waals surface area contributed by atoms with Crippen LogP contribution >= 0.6 is 19.0 Å². The molecule has 3 N–H and O–H groups in total. The van der Waals surface area contributed by atoms with Crippen molar-refractivity contribution < 1.29 is 9.46 Å². The van der Waals surface area contributed by atoms with Gasteiger partial charge < -0.3 is 10.6 Å². The zero-order chi connectivity index (χ0) is 14.6. The number of rotatable bonds is 5. The maximum Gasteiger partial charge on any atom is 0.221 e. The molecule has 0 aliphatic rings. The summed E-state index contributed by atoms with van der Waals surface area (Å²) in [4.78, 5) is 10.2. The smallest absolute Gasteiger partial charge is 0.221 e. The summed E-state index contributed by atoms with van der Waals surface area (Å²) in [7, 11) is -3.45. The van der Waals surface area contributed by atoms with Crippen molar-refractivity contribution in [3.8, 4) is 0 Å². The molecule has 0 aliphatic carbocycles. The lowest BCUT2D eigenvalue weighted by atomic mass is 10.2. The van der Waals surface area contributed by atoms with Crippen LogP contribution in [0.1, 0.15) is 16.9 Å². The number of aryl methyl sites for hydroxylation is 1. The highest BCUT2D eigenvalue weighted by Crippen LogP contribution is 2.52. The molecule has 3 nitrogen and oxygen atoms in total. The second kappa shape index (κ2) is 6.55. The van der Waals surface area contributed by atoms with Crippen LogP contribution in [0, 0.1) is 0 Å². The van der Waals surface area contributed by atoms with Crippen LogP contribution in [-0.2, 0) is 11.0 Å². The summed E-state index contributed by atoms with van der Waals surface area (Å²) in [5, 5.41) is 0.581. The molecule has 0 amide bonds. The van der Waals surface area contributed by atoms with E-state index < -0.39 is 13.2 Å². The maximum atomic E-state index is 12.4. The van der Waals surface area contributed by atoms with E-state index in [2.05, 4.69) is 0 Å². The molecule has 106 valence electrons. The van der Waals surface area contributed by atoms with Crippen LogP contribution in [0.2, 0.25) is 5.02 Å². The second-order valence-corrected chi connectivity index (χ2v) is 7.66. The average molecular weight is 310 g/mol. The number of nitrogens with two attached hydrogens (primary N) is 1. The van der Waals surface area contributed by atoms with Gasteiger partial charge in [-0.15, -0.1) is 0 Å². The molecular formula is C15H17ClNO2P. The van der Waals surface area contributed by atoms with E-state index in [1.165, 1.54) is 0 Å². The van der Waals surface area contributed by atoms with Crippen molar-refractivity contribution in [3.05, 3.63) is 70.7 Å². The van der Waals surface area contributed by atoms with Gasteiger partial charge in [-0.2, -0.15) is 0 Å². The van der Waals surface area contributed by atoms with Crippen LogP contribution in [0.15, 0.2) is 54.6 Å². The third-order valence-electron chi connectivity index (χ3n) is 3.21. The fourth-order valence-corrected chi connectivity index (χ4v) is 3.59. The van der Waals surface area contributed by atoms with Gasteiger partial charge >= 0.3 is 0 Å². The Morgan fingerprint density at radius 1 is 1.10 bits per heavy atom. The van der Waals surface area contributed by atoms with Gasteiger partial charge in [0.05, 0.1) is 0 Å². The molecule has 0 fully saturated rings. The third kappa shape index (κ3) is 3.94. The maximum absolute atomic E-state index is 12.4. The normalized spacial score (nSPS) is 15.6. The monoisotopic (exact) mass is 309 g/mol. The summed E-state index contributed by atoms with van der Waals surface area (Å²) in [6, 6.07) is 16.4. The summed E-state index contributed by atoms with van der Waals surface area (Å²) >= 11 is 5.80.